The van der Waals surface area contributed by atoms with E-state index in [1.165, 1.54) is 11.0 Å². The predicted octanol–water partition coefficient (Wildman–Crippen LogP) is 0.952. The van der Waals surface area contributed by atoms with Gasteiger partial charge in [0.2, 0.25) is 0 Å². The number of hydrogen-bond acceptors (Lipinski definition) is 5. The van der Waals surface area contributed by atoms with E-state index in [0.29, 0.717) is 24.3 Å². The summed E-state index contributed by atoms with van der Waals surface area (Å²) in [6.07, 6.45) is 0. The second-order valence-corrected chi connectivity index (χ2v) is 4.69. The zero-order valence-corrected chi connectivity index (χ0v) is 12.2. The minimum Gasteiger partial charge on any atom is -0.368 e. The SMILES string of the molecule is CNCCN(C)c1ccc(C(=O)N(C)C)cc1[N+](=O)[O-]. The van der Waals surface area contributed by atoms with Gasteiger partial charge in [-0.2, -0.15) is 0 Å². The molecule has 0 aromatic heterocycles. The van der Waals surface area contributed by atoms with Crippen molar-refractivity contribution in [2.75, 3.05) is 46.2 Å². The van der Waals surface area contributed by atoms with Crippen molar-refractivity contribution in [3.05, 3.63) is 33.9 Å². The molecular weight excluding hydrogens is 260 g/mol. The summed E-state index contributed by atoms with van der Waals surface area (Å²) in [6, 6.07) is 4.55. The lowest BCUT2D eigenvalue weighted by atomic mass is 10.1. The van der Waals surface area contributed by atoms with E-state index in [2.05, 4.69) is 5.32 Å². The molecule has 20 heavy (non-hydrogen) atoms. The summed E-state index contributed by atoms with van der Waals surface area (Å²) in [5.41, 5.74) is 0.754. The molecule has 1 aromatic carbocycles. The molecule has 0 atom stereocenters. The summed E-state index contributed by atoms with van der Waals surface area (Å²) in [6.45, 7) is 1.35. The van der Waals surface area contributed by atoms with Gasteiger partial charge in [0.05, 0.1) is 4.92 Å². The van der Waals surface area contributed by atoms with Crippen LogP contribution in [0.5, 0.6) is 0 Å². The zero-order chi connectivity index (χ0) is 15.3. The maximum Gasteiger partial charge on any atom is 0.293 e. The van der Waals surface area contributed by atoms with Crippen molar-refractivity contribution < 1.29 is 9.72 Å². The van der Waals surface area contributed by atoms with Gasteiger partial charge >= 0.3 is 0 Å². The van der Waals surface area contributed by atoms with Gasteiger partial charge in [-0.25, -0.2) is 0 Å². The number of amides is 1. The number of nitro benzene ring substituents is 1. The highest BCUT2D eigenvalue weighted by Crippen LogP contribution is 2.28. The Morgan fingerprint density at radius 1 is 1.35 bits per heavy atom. The first kappa shape index (κ1) is 15.9. The number of nitro groups is 1. The van der Waals surface area contributed by atoms with Crippen molar-refractivity contribution in [1.82, 2.24) is 10.2 Å². The molecule has 0 aliphatic rings. The Hall–Kier alpha value is -2.15. The fourth-order valence-corrected chi connectivity index (χ4v) is 1.78. The van der Waals surface area contributed by atoms with Gasteiger partial charge in [0.25, 0.3) is 11.6 Å². The van der Waals surface area contributed by atoms with E-state index in [9.17, 15) is 14.9 Å². The molecule has 110 valence electrons. The molecule has 0 saturated carbocycles. The molecule has 7 heteroatoms. The molecule has 0 spiro atoms. The van der Waals surface area contributed by atoms with Crippen LogP contribution in [0.25, 0.3) is 0 Å². The number of carbonyl (C=O) groups excluding carboxylic acids is 1. The second-order valence-electron chi connectivity index (χ2n) is 4.69. The molecule has 0 saturated heterocycles. The number of rotatable bonds is 6. The van der Waals surface area contributed by atoms with Crippen LogP contribution in [-0.4, -0.2) is 57.0 Å². The summed E-state index contributed by atoms with van der Waals surface area (Å²) >= 11 is 0. The van der Waals surface area contributed by atoms with Gasteiger partial charge in [0.15, 0.2) is 0 Å². The van der Waals surface area contributed by atoms with Crippen molar-refractivity contribution in [3.63, 3.8) is 0 Å². The molecule has 0 radical (unpaired) electrons. The summed E-state index contributed by atoms with van der Waals surface area (Å²) in [5, 5.41) is 14.2. The average molecular weight is 280 g/mol. The van der Waals surface area contributed by atoms with Crippen molar-refractivity contribution >= 4 is 17.3 Å². The molecule has 0 bridgehead atoms. The van der Waals surface area contributed by atoms with Gasteiger partial charge in [-0.05, 0) is 19.2 Å². The van der Waals surface area contributed by atoms with E-state index < -0.39 is 4.92 Å². The number of anilines is 1. The molecule has 0 aliphatic carbocycles. The van der Waals surface area contributed by atoms with Gasteiger partial charge in [-0.3, -0.25) is 14.9 Å². The number of benzene rings is 1. The summed E-state index contributed by atoms with van der Waals surface area (Å²) in [4.78, 5) is 25.8. The number of nitrogens with zero attached hydrogens (tertiary/aromatic N) is 3. The van der Waals surface area contributed by atoms with E-state index >= 15 is 0 Å². The van der Waals surface area contributed by atoms with E-state index in [-0.39, 0.29) is 11.6 Å². The second kappa shape index (κ2) is 6.85. The summed E-state index contributed by atoms with van der Waals surface area (Å²) < 4.78 is 0. The van der Waals surface area contributed by atoms with Gasteiger partial charge in [0, 0.05) is 45.9 Å². The number of hydrogen-bond donors (Lipinski definition) is 1. The Morgan fingerprint density at radius 2 is 2.00 bits per heavy atom. The zero-order valence-electron chi connectivity index (χ0n) is 12.2. The third-order valence-corrected chi connectivity index (χ3v) is 2.93. The van der Waals surface area contributed by atoms with Crippen molar-refractivity contribution in [2.45, 2.75) is 0 Å². The third-order valence-electron chi connectivity index (χ3n) is 2.93. The van der Waals surface area contributed by atoms with Crippen LogP contribution in [0.2, 0.25) is 0 Å². The first-order chi connectivity index (χ1) is 9.38. The highest BCUT2D eigenvalue weighted by Gasteiger charge is 2.20. The lowest BCUT2D eigenvalue weighted by Gasteiger charge is -2.19. The fourth-order valence-electron chi connectivity index (χ4n) is 1.78. The van der Waals surface area contributed by atoms with Gasteiger partial charge in [-0.15, -0.1) is 0 Å². The Labute approximate surface area is 118 Å². The molecule has 1 aromatic rings. The van der Waals surface area contributed by atoms with Crippen molar-refractivity contribution in [1.29, 1.82) is 0 Å². The largest absolute Gasteiger partial charge is 0.368 e. The van der Waals surface area contributed by atoms with Crippen LogP contribution in [0, 0.1) is 10.1 Å². The fraction of sp³-hybridized carbons (Fsp3) is 0.462. The number of carbonyl (C=O) groups is 1. The van der Waals surface area contributed by atoms with Crippen LogP contribution in [0.4, 0.5) is 11.4 Å². The van der Waals surface area contributed by atoms with E-state index in [4.69, 9.17) is 0 Å². The molecule has 0 heterocycles. The van der Waals surface area contributed by atoms with Crippen LogP contribution in [-0.2, 0) is 0 Å². The van der Waals surface area contributed by atoms with Crippen LogP contribution in [0.15, 0.2) is 18.2 Å². The first-order valence-electron chi connectivity index (χ1n) is 6.24. The Morgan fingerprint density at radius 3 is 2.50 bits per heavy atom. The van der Waals surface area contributed by atoms with Crippen LogP contribution in [0.3, 0.4) is 0 Å². The highest BCUT2D eigenvalue weighted by atomic mass is 16.6. The molecule has 1 N–H and O–H groups in total. The van der Waals surface area contributed by atoms with Crippen LogP contribution in [0.1, 0.15) is 10.4 Å². The van der Waals surface area contributed by atoms with Gasteiger partial charge in [0.1, 0.15) is 5.69 Å². The Kier molecular flexibility index (Phi) is 5.45. The minimum absolute atomic E-state index is 0.0590. The minimum atomic E-state index is -0.461. The van der Waals surface area contributed by atoms with Crippen LogP contribution < -0.4 is 10.2 Å². The lowest BCUT2D eigenvalue weighted by Crippen LogP contribution is -2.28. The summed E-state index contributed by atoms with van der Waals surface area (Å²) in [5.74, 6) is -0.252. The molecule has 1 amide bonds. The van der Waals surface area contributed by atoms with Crippen molar-refractivity contribution in [3.8, 4) is 0 Å². The van der Waals surface area contributed by atoms with Gasteiger partial charge < -0.3 is 15.1 Å². The number of nitrogens with one attached hydrogen (secondary N) is 1. The Bertz CT molecular complexity index is 502. The third kappa shape index (κ3) is 3.67. The summed E-state index contributed by atoms with van der Waals surface area (Å²) in [7, 11) is 6.83. The topological polar surface area (TPSA) is 78.7 Å². The van der Waals surface area contributed by atoms with E-state index in [1.807, 2.05) is 7.05 Å². The van der Waals surface area contributed by atoms with E-state index in [1.54, 1.807) is 38.2 Å². The first-order valence-corrected chi connectivity index (χ1v) is 6.24. The van der Waals surface area contributed by atoms with Gasteiger partial charge in [-0.1, -0.05) is 0 Å². The normalized spacial score (nSPS) is 10.2. The predicted molar refractivity (Wildman–Crippen MR) is 78.3 cm³/mol. The van der Waals surface area contributed by atoms with Crippen LogP contribution >= 0.6 is 0 Å². The quantitative estimate of drug-likeness (QED) is 0.620. The maximum absolute atomic E-state index is 11.9. The highest BCUT2D eigenvalue weighted by molar-refractivity contribution is 5.95. The van der Waals surface area contributed by atoms with Crippen molar-refractivity contribution in [2.24, 2.45) is 0 Å². The van der Waals surface area contributed by atoms with E-state index in [0.717, 1.165) is 0 Å². The molecule has 0 fully saturated rings. The number of likely N-dealkylation sites (N-methyl/N-ethyl adjacent to an activating group) is 2. The smallest absolute Gasteiger partial charge is 0.293 e. The average Bonchev–Trinajstić information content (AvgIpc) is 2.42. The molecule has 0 unspecified atom stereocenters. The molecule has 7 nitrogen and oxygen atoms in total. The lowest BCUT2D eigenvalue weighted by molar-refractivity contribution is -0.384. The monoisotopic (exact) mass is 280 g/mol. The molecule has 1 rings (SSSR count). The molecule has 0 aliphatic heterocycles. The standard InChI is InChI=1S/C13H20N4O3/c1-14-7-8-16(4)11-6-5-10(13(18)15(2)3)9-12(11)17(19)20/h5-6,9,14H,7-8H2,1-4H3. The molecular formula is C13H20N4O3. The maximum atomic E-state index is 11.9. The Balaban J connectivity index is 3.14.